The van der Waals surface area contributed by atoms with Gasteiger partial charge in [-0.05, 0) is 23.7 Å². The fourth-order valence-corrected chi connectivity index (χ4v) is 3.66. The molecule has 12 heavy (non-hydrogen) atoms. The Morgan fingerprint density at radius 3 is 2.25 bits per heavy atom. The molecule has 1 nitrogen and oxygen atoms in total. The van der Waals surface area contributed by atoms with Crippen molar-refractivity contribution >= 4 is 0 Å². The van der Waals surface area contributed by atoms with Crippen molar-refractivity contribution in [3.8, 4) is 0 Å². The van der Waals surface area contributed by atoms with Crippen molar-refractivity contribution in [3.63, 3.8) is 0 Å². The molecular weight excluding hydrogens is 148 g/mol. The molecule has 1 heteroatoms. The van der Waals surface area contributed by atoms with Gasteiger partial charge in [0.1, 0.15) is 0 Å². The monoisotopic (exact) mass is 166 g/mol. The lowest BCUT2D eigenvalue weighted by molar-refractivity contribution is 0.0737. The van der Waals surface area contributed by atoms with Crippen LogP contribution in [0.5, 0.6) is 0 Å². The Kier molecular flexibility index (Phi) is 1.35. The highest BCUT2D eigenvalue weighted by Gasteiger charge is 2.60. The predicted octanol–water partition coefficient (Wildman–Crippen LogP) is 2.36. The molecule has 1 N–H and O–H groups in total. The van der Waals surface area contributed by atoms with E-state index in [1.165, 1.54) is 5.57 Å². The van der Waals surface area contributed by atoms with Crippen LogP contribution in [-0.4, -0.2) is 11.2 Å². The standard InChI is InChI=1S/C11H18O/c1-7-5-11(4)6-10(2,3)8(7)9(11)12/h8-9,12H,1,5-6H2,2-4H3/t8-,9-,11-/m0/s1. The van der Waals surface area contributed by atoms with Crippen molar-refractivity contribution in [2.45, 2.75) is 39.7 Å². The normalized spacial score (nSPS) is 50.2. The molecule has 0 radical (unpaired) electrons. The Hall–Kier alpha value is -0.300. The van der Waals surface area contributed by atoms with Crippen molar-refractivity contribution in [1.29, 1.82) is 0 Å². The van der Waals surface area contributed by atoms with E-state index in [2.05, 4.69) is 27.4 Å². The van der Waals surface area contributed by atoms with Crippen LogP contribution in [0.15, 0.2) is 12.2 Å². The van der Waals surface area contributed by atoms with E-state index < -0.39 is 0 Å². The van der Waals surface area contributed by atoms with Gasteiger partial charge in [-0.25, -0.2) is 0 Å². The molecule has 68 valence electrons. The maximum atomic E-state index is 10.0. The zero-order valence-corrected chi connectivity index (χ0v) is 8.22. The Morgan fingerprint density at radius 2 is 2.00 bits per heavy atom. The summed E-state index contributed by atoms with van der Waals surface area (Å²) in [6.45, 7) is 10.8. The van der Waals surface area contributed by atoms with Crippen molar-refractivity contribution in [1.82, 2.24) is 0 Å². The van der Waals surface area contributed by atoms with Gasteiger partial charge in [0.2, 0.25) is 0 Å². The number of hydrogen-bond acceptors (Lipinski definition) is 1. The maximum absolute atomic E-state index is 10.0. The van der Waals surface area contributed by atoms with E-state index in [0.717, 1.165) is 12.8 Å². The quantitative estimate of drug-likeness (QED) is 0.548. The number of fused-ring (bicyclic) bond motifs is 2. The molecule has 0 aromatic heterocycles. The largest absolute Gasteiger partial charge is 0.392 e. The van der Waals surface area contributed by atoms with Gasteiger partial charge in [-0.2, -0.15) is 0 Å². The third-order valence-corrected chi connectivity index (χ3v) is 3.80. The maximum Gasteiger partial charge on any atom is 0.0667 e. The van der Waals surface area contributed by atoms with Crippen LogP contribution in [0.1, 0.15) is 33.6 Å². The molecule has 0 aliphatic heterocycles. The highest BCUT2D eigenvalue weighted by molar-refractivity contribution is 5.26. The highest BCUT2D eigenvalue weighted by Crippen LogP contribution is 2.64. The van der Waals surface area contributed by atoms with Crippen molar-refractivity contribution in [3.05, 3.63) is 12.2 Å². The van der Waals surface area contributed by atoms with Crippen LogP contribution in [-0.2, 0) is 0 Å². The van der Waals surface area contributed by atoms with E-state index >= 15 is 0 Å². The summed E-state index contributed by atoms with van der Waals surface area (Å²) < 4.78 is 0. The Bertz CT molecular complexity index is 241. The van der Waals surface area contributed by atoms with Crippen LogP contribution < -0.4 is 0 Å². The lowest BCUT2D eigenvalue weighted by Crippen LogP contribution is -2.24. The summed E-state index contributed by atoms with van der Waals surface area (Å²) in [4.78, 5) is 0. The van der Waals surface area contributed by atoms with Crippen molar-refractivity contribution in [2.75, 3.05) is 0 Å². The van der Waals surface area contributed by atoms with E-state index in [9.17, 15) is 5.11 Å². The molecule has 0 aromatic carbocycles. The zero-order chi connectivity index (χ0) is 9.15. The van der Waals surface area contributed by atoms with E-state index in [4.69, 9.17) is 0 Å². The highest BCUT2D eigenvalue weighted by atomic mass is 16.3. The summed E-state index contributed by atoms with van der Waals surface area (Å²) in [7, 11) is 0. The zero-order valence-electron chi connectivity index (χ0n) is 8.22. The molecule has 2 aliphatic rings. The van der Waals surface area contributed by atoms with Gasteiger partial charge in [-0.1, -0.05) is 32.9 Å². The van der Waals surface area contributed by atoms with E-state index in [0.29, 0.717) is 5.92 Å². The molecule has 2 saturated carbocycles. The Balaban J connectivity index is 2.43. The average molecular weight is 166 g/mol. The van der Waals surface area contributed by atoms with Crippen molar-refractivity contribution < 1.29 is 5.11 Å². The van der Waals surface area contributed by atoms with Crippen LogP contribution in [0.2, 0.25) is 0 Å². The van der Waals surface area contributed by atoms with Gasteiger partial charge in [0, 0.05) is 5.92 Å². The third-order valence-electron chi connectivity index (χ3n) is 3.80. The topological polar surface area (TPSA) is 20.2 Å². The summed E-state index contributed by atoms with van der Waals surface area (Å²) in [5.41, 5.74) is 1.66. The first-order valence-corrected chi connectivity index (χ1v) is 4.73. The first-order valence-electron chi connectivity index (χ1n) is 4.73. The van der Waals surface area contributed by atoms with Gasteiger partial charge in [-0.15, -0.1) is 0 Å². The predicted molar refractivity (Wildman–Crippen MR) is 49.8 cm³/mol. The molecule has 0 amide bonds. The molecule has 0 aromatic rings. The number of aliphatic hydroxyl groups is 1. The van der Waals surface area contributed by atoms with Gasteiger partial charge in [0.25, 0.3) is 0 Å². The Morgan fingerprint density at radius 1 is 1.42 bits per heavy atom. The second-order valence-electron chi connectivity index (χ2n) is 5.58. The number of rotatable bonds is 0. The second kappa shape index (κ2) is 1.95. The summed E-state index contributed by atoms with van der Waals surface area (Å²) in [5.74, 6) is 0.350. The third kappa shape index (κ3) is 0.779. The molecule has 2 bridgehead atoms. The van der Waals surface area contributed by atoms with Gasteiger partial charge >= 0.3 is 0 Å². The summed E-state index contributed by atoms with van der Waals surface area (Å²) in [6.07, 6.45) is 2.03. The Labute approximate surface area is 74.5 Å². The molecule has 2 aliphatic carbocycles. The molecule has 0 saturated heterocycles. The van der Waals surface area contributed by atoms with E-state index in [1.54, 1.807) is 0 Å². The molecule has 2 fully saturated rings. The fraction of sp³-hybridized carbons (Fsp3) is 0.818. The molecule has 2 rings (SSSR count). The summed E-state index contributed by atoms with van der Waals surface area (Å²) >= 11 is 0. The molecule has 3 atom stereocenters. The molecular formula is C11H18O. The van der Waals surface area contributed by atoms with Crippen LogP contribution in [0, 0.1) is 16.7 Å². The summed E-state index contributed by atoms with van der Waals surface area (Å²) in [6, 6.07) is 0. The molecule has 0 spiro atoms. The van der Waals surface area contributed by atoms with Gasteiger partial charge in [0.05, 0.1) is 6.10 Å². The lowest BCUT2D eigenvalue weighted by Gasteiger charge is -2.33. The van der Waals surface area contributed by atoms with Gasteiger partial charge < -0.3 is 5.11 Å². The second-order valence-corrected chi connectivity index (χ2v) is 5.58. The van der Waals surface area contributed by atoms with E-state index in [1.807, 2.05) is 0 Å². The lowest BCUT2D eigenvalue weighted by atomic mass is 9.71. The number of aliphatic hydroxyl groups excluding tert-OH is 1. The number of hydrogen-bond donors (Lipinski definition) is 1. The minimum absolute atomic E-state index is 0.130. The minimum atomic E-state index is -0.139. The van der Waals surface area contributed by atoms with E-state index in [-0.39, 0.29) is 16.9 Å². The van der Waals surface area contributed by atoms with Crippen LogP contribution >= 0.6 is 0 Å². The fourth-order valence-electron chi connectivity index (χ4n) is 3.66. The average Bonchev–Trinajstić information content (AvgIpc) is 2.09. The van der Waals surface area contributed by atoms with Crippen LogP contribution in [0.4, 0.5) is 0 Å². The van der Waals surface area contributed by atoms with Gasteiger partial charge in [-0.3, -0.25) is 0 Å². The molecule has 0 unspecified atom stereocenters. The smallest absolute Gasteiger partial charge is 0.0667 e. The summed E-state index contributed by atoms with van der Waals surface area (Å²) in [5, 5.41) is 10.0. The van der Waals surface area contributed by atoms with Crippen molar-refractivity contribution in [2.24, 2.45) is 16.7 Å². The van der Waals surface area contributed by atoms with Crippen LogP contribution in [0.3, 0.4) is 0 Å². The SMILES string of the molecule is C=C1C[C@@]2(C)CC(C)(C)[C@@H]1[C@@H]2O. The minimum Gasteiger partial charge on any atom is -0.392 e. The van der Waals surface area contributed by atoms with Crippen LogP contribution in [0.25, 0.3) is 0 Å². The molecule has 0 heterocycles. The first-order chi connectivity index (χ1) is 5.37. The first kappa shape index (κ1) is 8.31. The van der Waals surface area contributed by atoms with Gasteiger partial charge in [0.15, 0.2) is 0 Å².